The molecule has 1 unspecified atom stereocenters. The second-order valence-corrected chi connectivity index (χ2v) is 4.79. The summed E-state index contributed by atoms with van der Waals surface area (Å²) in [6.07, 6.45) is -0.468. The number of amides is 1. The van der Waals surface area contributed by atoms with Crippen LogP contribution >= 0.6 is 11.3 Å². The summed E-state index contributed by atoms with van der Waals surface area (Å²) in [6, 6.07) is 3.68. The smallest absolute Gasteiger partial charge is 0.239 e. The van der Waals surface area contributed by atoms with Crippen LogP contribution in [0.2, 0.25) is 0 Å². The highest BCUT2D eigenvalue weighted by molar-refractivity contribution is 7.14. The summed E-state index contributed by atoms with van der Waals surface area (Å²) in [4.78, 5) is 13.4. The lowest BCUT2D eigenvalue weighted by atomic mass is 10.3. The number of anilines is 1. The van der Waals surface area contributed by atoms with Crippen LogP contribution < -0.4 is 5.32 Å². The first-order valence-corrected chi connectivity index (χ1v) is 6.05. The average Bonchev–Trinajstić information content (AvgIpc) is 2.63. The Balaban J connectivity index is 2.48. The molecule has 1 rings (SSSR count). The molecule has 6 heteroatoms. The molecule has 0 aliphatic heterocycles. The number of carbonyl (C=O) groups is 1. The summed E-state index contributed by atoms with van der Waals surface area (Å²) in [5.41, 5.74) is 0.474. The van der Waals surface area contributed by atoms with Gasteiger partial charge in [-0.2, -0.15) is 5.26 Å². The first-order valence-electron chi connectivity index (χ1n) is 5.17. The molecule has 0 fully saturated rings. The number of hydrogen-bond donors (Lipinski definition) is 2. The Hall–Kier alpha value is -1.42. The van der Waals surface area contributed by atoms with Crippen LogP contribution in [0.1, 0.15) is 12.5 Å². The largest absolute Gasteiger partial charge is 0.392 e. The first kappa shape index (κ1) is 13.6. The van der Waals surface area contributed by atoms with E-state index in [0.717, 1.165) is 0 Å². The van der Waals surface area contributed by atoms with E-state index in [1.807, 2.05) is 6.07 Å². The number of thiophene rings is 1. The lowest BCUT2D eigenvalue weighted by Gasteiger charge is -2.17. The Bertz CT molecular complexity index is 423. The molecular weight excluding hydrogens is 238 g/mol. The van der Waals surface area contributed by atoms with Crippen LogP contribution in [-0.2, 0) is 4.79 Å². The molecule has 1 amide bonds. The van der Waals surface area contributed by atoms with Crippen LogP contribution in [0.25, 0.3) is 0 Å². The van der Waals surface area contributed by atoms with Crippen molar-refractivity contribution in [2.24, 2.45) is 0 Å². The number of aliphatic hydroxyl groups excluding tert-OH is 1. The molecule has 0 radical (unpaired) electrons. The van der Waals surface area contributed by atoms with Gasteiger partial charge >= 0.3 is 0 Å². The van der Waals surface area contributed by atoms with Crippen LogP contribution in [-0.4, -0.2) is 42.2 Å². The Morgan fingerprint density at radius 3 is 3.06 bits per heavy atom. The topological polar surface area (TPSA) is 76.4 Å². The molecule has 0 aliphatic rings. The molecule has 1 heterocycles. The zero-order valence-corrected chi connectivity index (χ0v) is 10.6. The summed E-state index contributed by atoms with van der Waals surface area (Å²) >= 11 is 1.32. The normalized spacial score (nSPS) is 12.2. The highest BCUT2D eigenvalue weighted by Crippen LogP contribution is 2.21. The van der Waals surface area contributed by atoms with Crippen LogP contribution in [0.4, 0.5) is 5.00 Å². The Kier molecular flexibility index (Phi) is 5.10. The van der Waals surface area contributed by atoms with Gasteiger partial charge in [0.2, 0.25) is 5.91 Å². The van der Waals surface area contributed by atoms with E-state index in [-0.39, 0.29) is 12.5 Å². The van der Waals surface area contributed by atoms with Crippen molar-refractivity contribution in [3.8, 4) is 6.07 Å². The van der Waals surface area contributed by atoms with Crippen LogP contribution in [0.3, 0.4) is 0 Å². The van der Waals surface area contributed by atoms with Gasteiger partial charge in [-0.05, 0) is 25.4 Å². The first-order chi connectivity index (χ1) is 8.02. The fourth-order valence-electron chi connectivity index (χ4n) is 1.42. The standard InChI is InChI=1S/C11H15N3O2S/c1-8(15)6-14(2)7-10(16)13-11-9(5-12)3-4-17-11/h3-4,8,15H,6-7H2,1-2H3,(H,13,16). The summed E-state index contributed by atoms with van der Waals surface area (Å²) in [7, 11) is 1.76. The maximum absolute atomic E-state index is 11.6. The van der Waals surface area contributed by atoms with Gasteiger partial charge in [0.05, 0.1) is 18.2 Å². The number of carbonyl (C=O) groups excluding carboxylic acids is 1. The minimum atomic E-state index is -0.468. The van der Waals surface area contributed by atoms with Gasteiger partial charge in [0.1, 0.15) is 11.1 Å². The molecule has 1 aromatic rings. The van der Waals surface area contributed by atoms with Gasteiger partial charge in [-0.1, -0.05) is 0 Å². The molecule has 92 valence electrons. The van der Waals surface area contributed by atoms with E-state index in [0.29, 0.717) is 17.1 Å². The minimum Gasteiger partial charge on any atom is -0.392 e. The lowest BCUT2D eigenvalue weighted by Crippen LogP contribution is -2.34. The number of aliphatic hydroxyl groups is 1. The summed E-state index contributed by atoms with van der Waals surface area (Å²) < 4.78 is 0. The second kappa shape index (κ2) is 6.35. The quantitative estimate of drug-likeness (QED) is 0.816. The molecular formula is C11H15N3O2S. The van der Waals surface area contributed by atoms with Crippen molar-refractivity contribution in [3.05, 3.63) is 17.0 Å². The van der Waals surface area contributed by atoms with Crippen molar-refractivity contribution in [2.75, 3.05) is 25.5 Å². The molecule has 1 atom stereocenters. The molecule has 0 aromatic carbocycles. The van der Waals surface area contributed by atoms with Crippen molar-refractivity contribution in [3.63, 3.8) is 0 Å². The lowest BCUT2D eigenvalue weighted by molar-refractivity contribution is -0.117. The second-order valence-electron chi connectivity index (χ2n) is 3.87. The molecule has 2 N–H and O–H groups in total. The number of likely N-dealkylation sites (N-methyl/N-ethyl adjacent to an activating group) is 1. The van der Waals surface area contributed by atoms with E-state index < -0.39 is 6.10 Å². The van der Waals surface area contributed by atoms with E-state index in [1.54, 1.807) is 30.3 Å². The summed E-state index contributed by atoms with van der Waals surface area (Å²) in [6.45, 7) is 2.29. The van der Waals surface area contributed by atoms with Crippen LogP contribution in [0, 0.1) is 11.3 Å². The maximum atomic E-state index is 11.6. The summed E-state index contributed by atoms with van der Waals surface area (Å²) in [5, 5.41) is 23.0. The number of hydrogen-bond acceptors (Lipinski definition) is 5. The van der Waals surface area contributed by atoms with E-state index in [2.05, 4.69) is 5.32 Å². The zero-order valence-electron chi connectivity index (χ0n) is 9.80. The van der Waals surface area contributed by atoms with Crippen molar-refractivity contribution in [2.45, 2.75) is 13.0 Å². The Labute approximate surface area is 104 Å². The fourth-order valence-corrected chi connectivity index (χ4v) is 2.17. The van der Waals surface area contributed by atoms with E-state index >= 15 is 0 Å². The van der Waals surface area contributed by atoms with Gasteiger partial charge < -0.3 is 10.4 Å². The third-order valence-electron chi connectivity index (χ3n) is 2.03. The monoisotopic (exact) mass is 253 g/mol. The van der Waals surface area contributed by atoms with E-state index in [1.165, 1.54) is 11.3 Å². The fraction of sp³-hybridized carbons (Fsp3) is 0.455. The number of rotatable bonds is 5. The average molecular weight is 253 g/mol. The molecule has 0 saturated heterocycles. The van der Waals surface area contributed by atoms with Gasteiger partial charge in [0, 0.05) is 6.54 Å². The minimum absolute atomic E-state index is 0.188. The number of nitrogens with one attached hydrogen (secondary N) is 1. The van der Waals surface area contributed by atoms with Crippen LogP contribution in [0.5, 0.6) is 0 Å². The van der Waals surface area contributed by atoms with Crippen molar-refractivity contribution < 1.29 is 9.90 Å². The van der Waals surface area contributed by atoms with E-state index in [9.17, 15) is 4.79 Å². The van der Waals surface area contributed by atoms with Crippen molar-refractivity contribution in [1.82, 2.24) is 4.90 Å². The van der Waals surface area contributed by atoms with Gasteiger partial charge in [-0.25, -0.2) is 0 Å². The molecule has 17 heavy (non-hydrogen) atoms. The third kappa shape index (κ3) is 4.53. The highest BCUT2D eigenvalue weighted by Gasteiger charge is 2.11. The summed E-state index contributed by atoms with van der Waals surface area (Å²) in [5.74, 6) is -0.188. The predicted molar refractivity (Wildman–Crippen MR) is 66.8 cm³/mol. The molecule has 0 aliphatic carbocycles. The van der Waals surface area contributed by atoms with Crippen molar-refractivity contribution in [1.29, 1.82) is 5.26 Å². The SMILES string of the molecule is CC(O)CN(C)CC(=O)Nc1sccc1C#N. The zero-order chi connectivity index (χ0) is 12.8. The molecule has 0 spiro atoms. The van der Waals surface area contributed by atoms with Gasteiger partial charge in [-0.15, -0.1) is 11.3 Å². The maximum Gasteiger partial charge on any atom is 0.239 e. The third-order valence-corrected chi connectivity index (χ3v) is 2.86. The number of nitrogens with zero attached hydrogens (tertiary/aromatic N) is 2. The Morgan fingerprint density at radius 2 is 2.47 bits per heavy atom. The van der Waals surface area contributed by atoms with Crippen molar-refractivity contribution >= 4 is 22.2 Å². The predicted octanol–water partition coefficient (Wildman–Crippen LogP) is 0.871. The molecule has 1 aromatic heterocycles. The Morgan fingerprint density at radius 1 is 1.76 bits per heavy atom. The molecule has 0 saturated carbocycles. The van der Waals surface area contributed by atoms with Gasteiger partial charge in [0.15, 0.2) is 0 Å². The van der Waals surface area contributed by atoms with Gasteiger partial charge in [-0.3, -0.25) is 9.69 Å². The molecule has 0 bridgehead atoms. The molecule has 5 nitrogen and oxygen atoms in total. The van der Waals surface area contributed by atoms with Crippen LogP contribution in [0.15, 0.2) is 11.4 Å². The number of nitriles is 1. The van der Waals surface area contributed by atoms with E-state index in [4.69, 9.17) is 10.4 Å². The van der Waals surface area contributed by atoms with Gasteiger partial charge in [0.25, 0.3) is 0 Å². The highest BCUT2D eigenvalue weighted by atomic mass is 32.1.